The first-order valence-electron chi connectivity index (χ1n) is 20.1. The number of methoxy groups -OCH3 is 1. The van der Waals surface area contributed by atoms with Crippen molar-refractivity contribution in [2.24, 2.45) is 35.5 Å². The number of hydrogen-bond acceptors (Lipinski definition) is 9. The van der Waals surface area contributed by atoms with Gasteiger partial charge in [-0.2, -0.15) is 20.2 Å². The Kier molecular flexibility index (Phi) is 12.9. The molecule has 0 aliphatic carbocycles. The van der Waals surface area contributed by atoms with Gasteiger partial charge in [0.15, 0.2) is 0 Å². The molecule has 0 radical (unpaired) electrons. The monoisotopic (exact) mass is 848 g/mol. The molecule has 6 aromatic rings. The number of allylic oxidation sites excluding steroid dienone is 2. The summed E-state index contributed by atoms with van der Waals surface area (Å²) in [6.07, 6.45) is 0.442. The highest BCUT2D eigenvalue weighted by atomic mass is 16.5. The van der Waals surface area contributed by atoms with Gasteiger partial charge in [0.05, 0.1) is 41.7 Å². The van der Waals surface area contributed by atoms with E-state index in [9.17, 15) is 24.0 Å². The molecule has 4 heterocycles. The molecule has 19 heteroatoms. The number of carbonyl (C=O) groups is 5. The number of imidazole rings is 2. The lowest BCUT2D eigenvalue weighted by Gasteiger charge is -2.14. The third-order valence-electron chi connectivity index (χ3n) is 10.7. The number of hydrogen-bond donors (Lipinski definition) is 2. The van der Waals surface area contributed by atoms with Gasteiger partial charge in [0.1, 0.15) is 22.7 Å². The van der Waals surface area contributed by atoms with Crippen LogP contribution in [0.1, 0.15) is 93.6 Å². The summed E-state index contributed by atoms with van der Waals surface area (Å²) in [4.78, 5) is 73.8. The van der Waals surface area contributed by atoms with Crippen LogP contribution in [0.2, 0.25) is 0 Å². The second kappa shape index (κ2) is 18.1. The first-order chi connectivity index (χ1) is 29.5. The fourth-order valence-electron chi connectivity index (χ4n) is 7.37. The average Bonchev–Trinajstić information content (AvgIpc) is 3.97. The fourth-order valence-corrected chi connectivity index (χ4v) is 7.37. The molecule has 4 amide bonds. The van der Waals surface area contributed by atoms with Gasteiger partial charge >= 0.3 is 5.97 Å². The van der Waals surface area contributed by atoms with E-state index in [1.807, 2.05) is 43.8 Å². The van der Waals surface area contributed by atoms with E-state index in [1.54, 1.807) is 75.9 Å². The lowest BCUT2D eigenvalue weighted by atomic mass is 10.1. The van der Waals surface area contributed by atoms with Gasteiger partial charge in [-0.05, 0) is 90.4 Å². The SMILES string of the molecule is CCn1nc(C)cc1C(=O)N=c1n(C)c2cc(C(N)=O)ccc2n1C/C(C)=C(\C)Cn1c(=NC(=O)c2cc(C)nn2CC)n(C)c2cc(C(N)=O)cc(OCCCC(=O)OC)c21. The highest BCUT2D eigenvalue weighted by Crippen LogP contribution is 2.29. The number of rotatable bonds is 15. The molecule has 0 aliphatic rings. The number of aromatic nitrogens is 8. The Morgan fingerprint density at radius 2 is 1.21 bits per heavy atom. The minimum atomic E-state index is -0.688. The van der Waals surface area contributed by atoms with Crippen LogP contribution in [0.25, 0.3) is 22.1 Å². The van der Waals surface area contributed by atoms with Crippen LogP contribution in [0.5, 0.6) is 5.75 Å². The minimum Gasteiger partial charge on any atom is -0.491 e. The van der Waals surface area contributed by atoms with Crippen molar-refractivity contribution < 1.29 is 33.4 Å². The molecule has 4 N–H and O–H groups in total. The average molecular weight is 849 g/mol. The fraction of sp³-hybridized carbons (Fsp3) is 0.372. The summed E-state index contributed by atoms with van der Waals surface area (Å²) >= 11 is 0. The smallest absolute Gasteiger partial charge is 0.305 e. The van der Waals surface area contributed by atoms with E-state index in [1.165, 1.54) is 13.2 Å². The molecule has 4 aromatic heterocycles. The van der Waals surface area contributed by atoms with E-state index in [0.29, 0.717) is 81.3 Å². The Morgan fingerprint density at radius 1 is 0.694 bits per heavy atom. The molecule has 0 saturated carbocycles. The molecule has 2 aromatic carbocycles. The van der Waals surface area contributed by atoms with Gasteiger partial charge in [-0.15, -0.1) is 0 Å². The lowest BCUT2D eigenvalue weighted by Crippen LogP contribution is -2.28. The van der Waals surface area contributed by atoms with Gasteiger partial charge in [-0.25, -0.2) is 0 Å². The highest BCUT2D eigenvalue weighted by molar-refractivity contribution is 5.99. The van der Waals surface area contributed by atoms with Crippen molar-refractivity contribution in [3.63, 3.8) is 0 Å². The number of ether oxygens (including phenoxy) is 2. The maximum Gasteiger partial charge on any atom is 0.305 e. The molecule has 19 nitrogen and oxygen atoms in total. The van der Waals surface area contributed by atoms with E-state index in [-0.39, 0.29) is 37.3 Å². The van der Waals surface area contributed by atoms with Crippen molar-refractivity contribution >= 4 is 51.7 Å². The number of fused-ring (bicyclic) bond motifs is 2. The van der Waals surface area contributed by atoms with E-state index >= 15 is 0 Å². The third-order valence-corrected chi connectivity index (χ3v) is 10.7. The van der Waals surface area contributed by atoms with Gasteiger partial charge in [-0.3, -0.25) is 33.3 Å². The van der Waals surface area contributed by atoms with Crippen LogP contribution in [-0.2, 0) is 49.8 Å². The molecule has 0 unspecified atom stereocenters. The standard InChI is InChI=1S/C43H52N12O7/c1-10-54-33(17-26(5)48-54)40(59)46-42-50(7)31-19-28(38(44)57)14-15-30(31)52(42)22-24(3)25(4)23-53-37-32(20-29(39(45)58)21-35(37)62-16-12-13-36(56)61-9)51(8)43(53)47-41(60)34-18-27(6)49-55(34)11-2/h14-15,17-21H,10-13,16,22-23H2,1-9H3,(H2,44,57)(H2,45,58)/b25-24+,46-42?,47-43?. The van der Waals surface area contributed by atoms with E-state index in [0.717, 1.165) is 11.1 Å². The zero-order valence-electron chi connectivity index (χ0n) is 36.5. The Morgan fingerprint density at radius 3 is 1.74 bits per heavy atom. The summed E-state index contributed by atoms with van der Waals surface area (Å²) in [6.45, 7) is 12.7. The summed E-state index contributed by atoms with van der Waals surface area (Å²) in [5.41, 5.74) is 18.6. The molecule has 62 heavy (non-hydrogen) atoms. The molecule has 0 bridgehead atoms. The molecule has 326 valence electrons. The number of primary amides is 2. The highest BCUT2D eigenvalue weighted by Gasteiger charge is 2.22. The molecule has 0 spiro atoms. The van der Waals surface area contributed by atoms with Crippen LogP contribution in [0.15, 0.2) is 63.6 Å². The van der Waals surface area contributed by atoms with Gasteiger partial charge in [0.25, 0.3) is 11.8 Å². The third kappa shape index (κ3) is 8.77. The number of amides is 4. The molecular weight excluding hydrogens is 797 g/mol. The first kappa shape index (κ1) is 44.2. The van der Waals surface area contributed by atoms with Crippen molar-refractivity contribution in [1.82, 2.24) is 37.8 Å². The lowest BCUT2D eigenvalue weighted by molar-refractivity contribution is -0.140. The predicted molar refractivity (Wildman–Crippen MR) is 229 cm³/mol. The van der Waals surface area contributed by atoms with Crippen molar-refractivity contribution in [3.05, 3.63) is 98.7 Å². The number of esters is 1. The van der Waals surface area contributed by atoms with Crippen molar-refractivity contribution in [2.45, 2.75) is 80.6 Å². The van der Waals surface area contributed by atoms with Gasteiger partial charge in [-0.1, -0.05) is 11.1 Å². The zero-order chi connectivity index (χ0) is 45.2. The summed E-state index contributed by atoms with van der Waals surface area (Å²) in [7, 11) is 4.81. The molecule has 6 rings (SSSR count). The van der Waals surface area contributed by atoms with E-state index in [4.69, 9.17) is 20.9 Å². The van der Waals surface area contributed by atoms with Crippen LogP contribution in [0, 0.1) is 13.8 Å². The quantitative estimate of drug-likeness (QED) is 0.0874. The zero-order valence-corrected chi connectivity index (χ0v) is 36.5. The Hall–Kier alpha value is -7.31. The van der Waals surface area contributed by atoms with Crippen LogP contribution >= 0.6 is 0 Å². The van der Waals surface area contributed by atoms with Crippen LogP contribution in [-0.4, -0.2) is 81.1 Å². The Bertz CT molecular complexity index is 2960. The summed E-state index contributed by atoms with van der Waals surface area (Å²) < 4.78 is 21.4. The van der Waals surface area contributed by atoms with E-state index < -0.39 is 29.6 Å². The van der Waals surface area contributed by atoms with E-state index in [2.05, 4.69) is 20.2 Å². The Balaban J connectivity index is 1.54. The maximum absolute atomic E-state index is 14.0. The van der Waals surface area contributed by atoms with Crippen molar-refractivity contribution in [1.29, 1.82) is 0 Å². The van der Waals surface area contributed by atoms with Crippen molar-refractivity contribution in [3.8, 4) is 5.75 Å². The van der Waals surface area contributed by atoms with Crippen molar-refractivity contribution in [2.75, 3.05) is 13.7 Å². The van der Waals surface area contributed by atoms with Gasteiger partial charge in [0.2, 0.25) is 23.1 Å². The van der Waals surface area contributed by atoms with Crippen LogP contribution in [0.4, 0.5) is 0 Å². The number of carbonyl (C=O) groups excluding carboxylic acids is 5. The minimum absolute atomic E-state index is 0.105. The molecule has 0 fully saturated rings. The predicted octanol–water partition coefficient (Wildman–Crippen LogP) is 3.37. The molecule has 0 aliphatic heterocycles. The second-order valence-electron chi connectivity index (χ2n) is 15.1. The number of aryl methyl sites for hydroxylation is 6. The summed E-state index contributed by atoms with van der Waals surface area (Å²) in [5.74, 6) is -2.40. The normalized spacial score (nSPS) is 12.7. The van der Waals surface area contributed by atoms with Crippen LogP contribution < -0.4 is 27.4 Å². The molecular formula is C43H52N12O7. The second-order valence-corrected chi connectivity index (χ2v) is 15.1. The maximum atomic E-state index is 14.0. The van der Waals surface area contributed by atoms with Gasteiger partial charge in [0, 0.05) is 57.8 Å². The first-order valence-corrected chi connectivity index (χ1v) is 20.1. The summed E-state index contributed by atoms with van der Waals surface area (Å²) in [5, 5.41) is 8.86. The number of nitrogens with two attached hydrogens (primary N) is 2. The molecule has 0 atom stereocenters. The topological polar surface area (TPSA) is 236 Å². The Labute approximate surface area is 356 Å². The van der Waals surface area contributed by atoms with Crippen LogP contribution in [0.3, 0.4) is 0 Å². The largest absolute Gasteiger partial charge is 0.491 e. The molecule has 0 saturated heterocycles. The number of nitrogens with zero attached hydrogens (tertiary/aromatic N) is 10. The summed E-state index contributed by atoms with van der Waals surface area (Å²) in [6, 6.07) is 11.6. The van der Waals surface area contributed by atoms with Gasteiger partial charge < -0.3 is 39.2 Å². The number of benzene rings is 2.